The Kier molecular flexibility index (Phi) is 8.54. The number of carbonyl (C=O) groups is 2. The van der Waals surface area contributed by atoms with E-state index >= 15 is 0 Å². The maximum absolute atomic E-state index is 12.1. The lowest BCUT2D eigenvalue weighted by Gasteiger charge is -2.08. The second-order valence-electron chi connectivity index (χ2n) is 11.0. The molecule has 0 spiro atoms. The zero-order chi connectivity index (χ0) is 31.7. The first-order chi connectivity index (χ1) is 21.1. The Balaban J connectivity index is 1.76. The number of hydrogen-bond acceptors (Lipinski definition) is 8. The van der Waals surface area contributed by atoms with Crippen molar-refractivity contribution >= 4 is 34.8 Å². The molecule has 5 aliphatic heterocycles. The number of rotatable bonds is 8. The van der Waals surface area contributed by atoms with Crippen LogP contribution in [0.4, 0.5) is 0 Å². The van der Waals surface area contributed by atoms with E-state index in [4.69, 9.17) is 29.4 Å². The van der Waals surface area contributed by atoms with Crippen LogP contribution in [0.5, 0.6) is 0 Å². The highest BCUT2D eigenvalue weighted by atomic mass is 16.5. The van der Waals surface area contributed by atoms with Gasteiger partial charge in [0.2, 0.25) is 0 Å². The van der Waals surface area contributed by atoms with Gasteiger partial charge in [0.05, 0.1) is 59.9 Å². The molecule has 0 atom stereocenters. The van der Waals surface area contributed by atoms with Crippen LogP contribution in [0.2, 0.25) is 0 Å². The summed E-state index contributed by atoms with van der Waals surface area (Å²) in [6.45, 7) is 16.2. The zero-order valence-corrected chi connectivity index (χ0v) is 26.1. The lowest BCUT2D eigenvalue weighted by molar-refractivity contribution is -0.141. The Morgan fingerprint density at radius 1 is 0.591 bits per heavy atom. The van der Waals surface area contributed by atoms with Gasteiger partial charge in [-0.1, -0.05) is 25.3 Å². The van der Waals surface area contributed by atoms with Crippen LogP contribution in [0.15, 0.2) is 137 Å². The van der Waals surface area contributed by atoms with Crippen LogP contribution in [0.1, 0.15) is 53.4 Å². The Hall–Kier alpha value is -4.98. The van der Waals surface area contributed by atoms with Crippen molar-refractivity contribution in [2.45, 2.75) is 53.4 Å². The third kappa shape index (κ3) is 5.55. The highest BCUT2D eigenvalue weighted by Gasteiger charge is 2.28. The number of aliphatic imine (C=N–C) groups is 4. The minimum absolute atomic E-state index is 0.214. The van der Waals surface area contributed by atoms with E-state index in [1.54, 1.807) is 0 Å². The molecule has 44 heavy (non-hydrogen) atoms. The lowest BCUT2D eigenvalue weighted by atomic mass is 9.96. The molecule has 0 aromatic heterocycles. The molecule has 0 aliphatic carbocycles. The molecular weight excluding hydrogens is 552 g/mol. The predicted molar refractivity (Wildman–Crippen MR) is 176 cm³/mol. The van der Waals surface area contributed by atoms with Crippen LogP contribution >= 0.6 is 0 Å². The van der Waals surface area contributed by atoms with E-state index in [2.05, 4.69) is 13.2 Å². The summed E-state index contributed by atoms with van der Waals surface area (Å²) >= 11 is 0. The highest BCUT2D eigenvalue weighted by molar-refractivity contribution is 6.20. The van der Waals surface area contributed by atoms with Crippen LogP contribution in [0, 0.1) is 0 Å². The molecule has 5 heterocycles. The second kappa shape index (κ2) is 12.3. The summed E-state index contributed by atoms with van der Waals surface area (Å²) in [6, 6.07) is 0. The van der Waals surface area contributed by atoms with Gasteiger partial charge in [0.1, 0.15) is 0 Å². The molecule has 8 bridgehead atoms. The van der Waals surface area contributed by atoms with Crippen molar-refractivity contribution in [1.82, 2.24) is 0 Å². The number of hydrogen-bond donors (Lipinski definition) is 0. The Bertz CT molecular complexity index is 1810. The van der Waals surface area contributed by atoms with E-state index in [9.17, 15) is 9.59 Å². The van der Waals surface area contributed by atoms with E-state index < -0.39 is 0 Å². The van der Waals surface area contributed by atoms with E-state index in [1.807, 2.05) is 64.2 Å². The lowest BCUT2D eigenvalue weighted by Crippen LogP contribution is -2.05. The normalized spacial score (nSPS) is 19.2. The molecular formula is C36H36N4O4. The van der Waals surface area contributed by atoms with Crippen molar-refractivity contribution in [3.05, 3.63) is 117 Å². The van der Waals surface area contributed by atoms with Gasteiger partial charge in [-0.25, -0.2) is 20.0 Å². The molecule has 8 nitrogen and oxygen atoms in total. The molecule has 0 aromatic rings. The van der Waals surface area contributed by atoms with Crippen molar-refractivity contribution in [1.29, 1.82) is 0 Å². The Morgan fingerprint density at radius 2 is 1.00 bits per heavy atom. The second-order valence-corrected chi connectivity index (χ2v) is 11.0. The number of nitrogens with zero attached hydrogens (tertiary/aromatic N) is 4. The quantitative estimate of drug-likeness (QED) is 0.288. The van der Waals surface area contributed by atoms with E-state index in [1.165, 1.54) is 14.2 Å². The number of carbonyl (C=O) groups excluding carboxylic acids is 2. The van der Waals surface area contributed by atoms with Gasteiger partial charge in [-0.15, -0.1) is 0 Å². The van der Waals surface area contributed by atoms with E-state index in [-0.39, 0.29) is 24.8 Å². The molecule has 224 valence electrons. The van der Waals surface area contributed by atoms with Gasteiger partial charge in [0, 0.05) is 24.0 Å². The van der Waals surface area contributed by atoms with E-state index in [0.717, 1.165) is 78.8 Å². The maximum Gasteiger partial charge on any atom is 0.305 e. The summed E-state index contributed by atoms with van der Waals surface area (Å²) in [7, 11) is 2.78. The highest BCUT2D eigenvalue weighted by Crippen LogP contribution is 2.37. The van der Waals surface area contributed by atoms with Gasteiger partial charge in [-0.2, -0.15) is 0 Å². The molecule has 0 radical (unpaired) electrons. The molecule has 0 unspecified atom stereocenters. The van der Waals surface area contributed by atoms with Crippen molar-refractivity contribution in [3.8, 4) is 0 Å². The summed E-state index contributed by atoms with van der Waals surface area (Å²) in [4.78, 5) is 44.3. The average Bonchev–Trinajstić information content (AvgIpc) is 3.67. The number of esters is 2. The first-order valence-electron chi connectivity index (χ1n) is 14.5. The molecule has 8 heteroatoms. The van der Waals surface area contributed by atoms with Crippen LogP contribution in [0.3, 0.4) is 0 Å². The third-order valence-corrected chi connectivity index (χ3v) is 8.50. The standard InChI is InChI=1S/C36H36N4O4/c1-9-23-19(3)27-15-28-21(5)25(11-13-35(41)43-7)33(39-28)18-34-26(12-14-36(42)44-8)22(6)30(40-34)17-32-24(10-2)20(4)29(38-32)16-31(23)37-27/h9-10,15-18H,1-2,11-14H2,3-8H3. The third-order valence-electron chi connectivity index (χ3n) is 8.50. The Labute approximate surface area is 258 Å². The summed E-state index contributed by atoms with van der Waals surface area (Å²) in [5, 5.41) is 0. The average molecular weight is 589 g/mol. The van der Waals surface area contributed by atoms with Gasteiger partial charge in [-0.05, 0) is 98.3 Å². The topological polar surface area (TPSA) is 102 Å². The fraction of sp³-hybridized carbons (Fsp3) is 0.278. The monoisotopic (exact) mass is 588 g/mol. The van der Waals surface area contributed by atoms with Crippen LogP contribution in [-0.4, -0.2) is 49.0 Å². The first kappa shape index (κ1) is 30.5. The Morgan fingerprint density at radius 3 is 1.50 bits per heavy atom. The zero-order valence-electron chi connectivity index (χ0n) is 26.1. The van der Waals surface area contributed by atoms with Gasteiger partial charge in [0.15, 0.2) is 0 Å². The van der Waals surface area contributed by atoms with Crippen molar-refractivity contribution in [2.75, 3.05) is 14.2 Å². The first-order valence-corrected chi connectivity index (χ1v) is 14.5. The summed E-state index contributed by atoms with van der Waals surface area (Å²) in [6.07, 6.45) is 12.8. The predicted octanol–water partition coefficient (Wildman–Crippen LogP) is 6.90. The smallest absolute Gasteiger partial charge is 0.305 e. The van der Waals surface area contributed by atoms with Crippen molar-refractivity contribution in [3.63, 3.8) is 0 Å². The van der Waals surface area contributed by atoms with E-state index in [0.29, 0.717) is 24.3 Å². The van der Waals surface area contributed by atoms with Crippen LogP contribution in [0.25, 0.3) is 0 Å². The van der Waals surface area contributed by atoms with Gasteiger partial charge < -0.3 is 9.47 Å². The molecule has 0 fully saturated rings. The largest absolute Gasteiger partial charge is 0.469 e. The minimum atomic E-state index is -0.295. The van der Waals surface area contributed by atoms with Gasteiger partial charge >= 0.3 is 11.9 Å². The maximum atomic E-state index is 12.1. The molecule has 0 aromatic carbocycles. The van der Waals surface area contributed by atoms with Crippen LogP contribution < -0.4 is 0 Å². The SMILES string of the molecule is C=CC1=C(C)C2=NC1=CC1=NC(=CC3=NC(=CC4=NC(=C2)C(C)=C4CCC(=O)OC)C(CCC(=O)OC)=C3C)C(C=C)=C1C. The molecule has 5 rings (SSSR count). The number of ether oxygens (including phenoxy) is 2. The van der Waals surface area contributed by atoms with Crippen molar-refractivity contribution in [2.24, 2.45) is 20.0 Å². The summed E-state index contributed by atoms with van der Waals surface area (Å²) < 4.78 is 9.86. The number of fused-ring (bicyclic) bond motifs is 4. The minimum Gasteiger partial charge on any atom is -0.469 e. The van der Waals surface area contributed by atoms with Gasteiger partial charge in [0.25, 0.3) is 0 Å². The molecule has 5 aliphatic rings. The fourth-order valence-corrected chi connectivity index (χ4v) is 5.81. The number of allylic oxidation sites excluding steroid dienone is 12. The fourth-order valence-electron chi connectivity index (χ4n) is 5.81. The number of methoxy groups -OCH3 is 2. The molecule has 0 saturated carbocycles. The van der Waals surface area contributed by atoms with Gasteiger partial charge in [-0.3, -0.25) is 9.59 Å². The summed E-state index contributed by atoms with van der Waals surface area (Å²) in [5.74, 6) is -0.589. The molecule has 0 amide bonds. The molecule has 0 saturated heterocycles. The van der Waals surface area contributed by atoms with Crippen molar-refractivity contribution < 1.29 is 19.1 Å². The molecule has 0 N–H and O–H groups in total. The summed E-state index contributed by atoms with van der Waals surface area (Å²) in [5.41, 5.74) is 13.6. The van der Waals surface area contributed by atoms with Crippen LogP contribution in [-0.2, 0) is 19.1 Å².